The molecule has 2 aliphatic carbocycles. The molecule has 0 radical (unpaired) electrons. The van der Waals surface area contributed by atoms with Crippen LogP contribution in [-0.4, -0.2) is 33.9 Å². The lowest BCUT2D eigenvalue weighted by Crippen LogP contribution is -2.26. The minimum absolute atomic E-state index is 0.0398. The summed E-state index contributed by atoms with van der Waals surface area (Å²) in [5, 5.41) is 10.1. The zero-order valence-electron chi connectivity index (χ0n) is 15.8. The van der Waals surface area contributed by atoms with Crippen LogP contribution in [0.5, 0.6) is 0 Å². The van der Waals surface area contributed by atoms with Crippen molar-refractivity contribution in [3.05, 3.63) is 30.1 Å². The first-order chi connectivity index (χ1) is 13.5. The van der Waals surface area contributed by atoms with Crippen molar-refractivity contribution < 1.29 is 14.3 Å². The average Bonchev–Trinajstić information content (AvgIpc) is 3.61. The highest BCUT2D eigenvalue weighted by Gasteiger charge is 2.51. The number of ether oxygens (including phenoxy) is 1. The number of pyridine rings is 1. The summed E-state index contributed by atoms with van der Waals surface area (Å²) >= 11 is 0. The minimum Gasteiger partial charge on any atom is -0.453 e. The lowest BCUT2D eigenvalue weighted by molar-refractivity contribution is -0.121. The van der Waals surface area contributed by atoms with E-state index in [1.807, 2.05) is 12.1 Å². The number of carbonyl (C=O) groups is 2. The number of anilines is 2. The summed E-state index contributed by atoms with van der Waals surface area (Å²) in [6, 6.07) is 5.57. The summed E-state index contributed by atoms with van der Waals surface area (Å²) in [5.74, 6) is 0.893. The molecule has 1 aliphatic heterocycles. The second-order valence-corrected chi connectivity index (χ2v) is 8.21. The summed E-state index contributed by atoms with van der Waals surface area (Å²) in [6.45, 7) is 0. The second kappa shape index (κ2) is 6.05. The van der Waals surface area contributed by atoms with E-state index >= 15 is 0 Å². The molecule has 3 aliphatic rings. The lowest BCUT2D eigenvalue weighted by Gasteiger charge is -2.21. The van der Waals surface area contributed by atoms with Gasteiger partial charge in [0.05, 0.1) is 12.8 Å². The van der Waals surface area contributed by atoms with Gasteiger partial charge < -0.3 is 10.1 Å². The van der Waals surface area contributed by atoms with Gasteiger partial charge in [0, 0.05) is 28.8 Å². The summed E-state index contributed by atoms with van der Waals surface area (Å²) in [5.41, 5.74) is 1.78. The molecule has 2 bridgehead atoms. The Kier molecular flexibility index (Phi) is 3.72. The summed E-state index contributed by atoms with van der Waals surface area (Å²) in [7, 11) is 1.30. The summed E-state index contributed by atoms with van der Waals surface area (Å²) < 4.78 is 6.31. The van der Waals surface area contributed by atoms with Gasteiger partial charge in [-0.1, -0.05) is 6.42 Å². The van der Waals surface area contributed by atoms with Crippen LogP contribution in [0.15, 0.2) is 24.4 Å². The van der Waals surface area contributed by atoms with Crippen molar-refractivity contribution in [2.75, 3.05) is 17.7 Å². The Morgan fingerprint density at radius 3 is 2.64 bits per heavy atom. The molecule has 2 spiro atoms. The molecule has 2 N–H and O–H groups in total. The second-order valence-electron chi connectivity index (χ2n) is 8.21. The molecular formula is C20H23N5O3. The van der Waals surface area contributed by atoms with E-state index in [1.54, 1.807) is 16.9 Å². The van der Waals surface area contributed by atoms with Gasteiger partial charge in [0.15, 0.2) is 5.82 Å². The first-order valence-corrected chi connectivity index (χ1v) is 9.77. The van der Waals surface area contributed by atoms with E-state index in [-0.39, 0.29) is 16.7 Å². The molecule has 0 atom stereocenters. The van der Waals surface area contributed by atoms with Crippen molar-refractivity contribution in [2.24, 2.45) is 5.41 Å². The SMILES string of the molecule is COC(=O)Nc1cc2n(n1)-c1ccnc(c1)C1(CCCC3(CC3)C(=O)N2)CC1. The van der Waals surface area contributed by atoms with Gasteiger partial charge in [-0.2, -0.15) is 0 Å². The largest absolute Gasteiger partial charge is 0.453 e. The fraction of sp³-hybridized carbons (Fsp3) is 0.500. The van der Waals surface area contributed by atoms with Gasteiger partial charge in [0.25, 0.3) is 0 Å². The highest BCUT2D eigenvalue weighted by molar-refractivity contribution is 5.97. The predicted octanol–water partition coefficient (Wildman–Crippen LogP) is 3.38. The lowest BCUT2D eigenvalue weighted by atomic mass is 9.89. The maximum Gasteiger partial charge on any atom is 0.412 e. The Balaban J connectivity index is 1.59. The highest BCUT2D eigenvalue weighted by Crippen LogP contribution is 2.55. The van der Waals surface area contributed by atoms with Crippen LogP contribution in [0.3, 0.4) is 0 Å². The Hall–Kier alpha value is -2.90. The zero-order chi connectivity index (χ0) is 19.4. The number of fused-ring (bicyclic) bond motifs is 5. The van der Waals surface area contributed by atoms with Crippen LogP contribution in [-0.2, 0) is 14.9 Å². The van der Waals surface area contributed by atoms with Crippen molar-refractivity contribution in [2.45, 2.75) is 50.4 Å². The molecule has 0 unspecified atom stereocenters. The Labute approximate surface area is 162 Å². The highest BCUT2D eigenvalue weighted by atomic mass is 16.5. The van der Waals surface area contributed by atoms with Crippen LogP contribution in [0, 0.1) is 5.41 Å². The van der Waals surface area contributed by atoms with Crippen LogP contribution >= 0.6 is 0 Å². The van der Waals surface area contributed by atoms with Gasteiger partial charge >= 0.3 is 6.09 Å². The van der Waals surface area contributed by atoms with E-state index in [2.05, 4.69) is 25.5 Å². The predicted molar refractivity (Wildman–Crippen MR) is 102 cm³/mol. The number of amides is 2. The average molecular weight is 381 g/mol. The van der Waals surface area contributed by atoms with Crippen LogP contribution in [0.25, 0.3) is 5.69 Å². The minimum atomic E-state index is -0.605. The van der Waals surface area contributed by atoms with Crippen molar-refractivity contribution >= 4 is 23.6 Å². The molecule has 2 aromatic heterocycles. The Morgan fingerprint density at radius 1 is 1.18 bits per heavy atom. The number of hydrogen-bond donors (Lipinski definition) is 2. The van der Waals surface area contributed by atoms with Gasteiger partial charge in [-0.15, -0.1) is 5.10 Å². The van der Waals surface area contributed by atoms with Gasteiger partial charge in [-0.3, -0.25) is 15.1 Å². The van der Waals surface area contributed by atoms with Gasteiger partial charge in [0.2, 0.25) is 5.91 Å². The molecule has 2 saturated carbocycles. The van der Waals surface area contributed by atoms with E-state index in [0.717, 1.165) is 56.3 Å². The molecule has 0 aromatic carbocycles. The maximum absolute atomic E-state index is 13.0. The molecule has 2 amide bonds. The quantitative estimate of drug-likeness (QED) is 0.789. The molecule has 2 fully saturated rings. The van der Waals surface area contributed by atoms with Crippen molar-refractivity contribution in [3.63, 3.8) is 0 Å². The number of methoxy groups -OCH3 is 1. The fourth-order valence-electron chi connectivity index (χ4n) is 4.27. The normalized spacial score (nSPS) is 21.1. The molecule has 28 heavy (non-hydrogen) atoms. The molecule has 8 heteroatoms. The van der Waals surface area contributed by atoms with Gasteiger partial charge in [-0.05, 0) is 50.7 Å². The van der Waals surface area contributed by atoms with E-state index in [0.29, 0.717) is 11.6 Å². The van der Waals surface area contributed by atoms with E-state index in [1.165, 1.54) is 7.11 Å². The number of rotatable bonds is 1. The van der Waals surface area contributed by atoms with Crippen molar-refractivity contribution in [3.8, 4) is 5.69 Å². The third-order valence-electron chi connectivity index (χ3n) is 6.40. The molecule has 146 valence electrons. The first-order valence-electron chi connectivity index (χ1n) is 9.77. The van der Waals surface area contributed by atoms with Crippen LogP contribution in [0.2, 0.25) is 0 Å². The first kappa shape index (κ1) is 17.2. The third-order valence-corrected chi connectivity index (χ3v) is 6.40. The zero-order valence-corrected chi connectivity index (χ0v) is 15.8. The van der Waals surface area contributed by atoms with E-state index < -0.39 is 6.09 Å². The van der Waals surface area contributed by atoms with Crippen molar-refractivity contribution in [1.29, 1.82) is 0 Å². The summed E-state index contributed by atoms with van der Waals surface area (Å²) in [6.07, 6.45) is 8.34. The molecule has 0 saturated heterocycles. The standard InChI is InChI=1S/C20H23N5O3/c1-28-18(27)22-15-12-16-23-17(26)20(8-9-20)5-2-4-19(6-7-19)14-11-13(3-10-21-14)25(16)24-15/h3,10-12H,2,4-9H2,1H3,(H,23,26)(H,22,24,27). The Bertz CT molecular complexity index is 959. The Morgan fingerprint density at radius 2 is 1.93 bits per heavy atom. The molecule has 8 nitrogen and oxygen atoms in total. The topological polar surface area (TPSA) is 98.1 Å². The fourth-order valence-corrected chi connectivity index (χ4v) is 4.27. The number of hydrogen-bond acceptors (Lipinski definition) is 5. The molecule has 5 rings (SSSR count). The number of nitrogens with zero attached hydrogens (tertiary/aromatic N) is 3. The molecule has 3 heterocycles. The molecular weight excluding hydrogens is 358 g/mol. The number of aromatic nitrogens is 3. The number of nitrogens with one attached hydrogen (secondary N) is 2. The van der Waals surface area contributed by atoms with Crippen LogP contribution < -0.4 is 10.6 Å². The van der Waals surface area contributed by atoms with Crippen LogP contribution in [0.1, 0.15) is 50.6 Å². The van der Waals surface area contributed by atoms with Gasteiger partial charge in [0.1, 0.15) is 5.82 Å². The molecule has 2 aromatic rings. The summed E-state index contributed by atoms with van der Waals surface area (Å²) in [4.78, 5) is 29.2. The van der Waals surface area contributed by atoms with Crippen LogP contribution in [0.4, 0.5) is 16.4 Å². The van der Waals surface area contributed by atoms with E-state index in [4.69, 9.17) is 0 Å². The van der Waals surface area contributed by atoms with E-state index in [9.17, 15) is 9.59 Å². The van der Waals surface area contributed by atoms with Gasteiger partial charge in [-0.25, -0.2) is 9.48 Å². The third kappa shape index (κ3) is 2.83. The maximum atomic E-state index is 13.0. The monoisotopic (exact) mass is 381 g/mol. The van der Waals surface area contributed by atoms with Crippen molar-refractivity contribution in [1.82, 2.24) is 14.8 Å². The number of carbonyl (C=O) groups excluding carboxylic acids is 2. The smallest absolute Gasteiger partial charge is 0.412 e.